The van der Waals surface area contributed by atoms with E-state index >= 15 is 0 Å². The number of amides is 1. The minimum absolute atomic E-state index is 0.0166. The molecule has 2 N–H and O–H groups in total. The quantitative estimate of drug-likeness (QED) is 0.898. The lowest BCUT2D eigenvalue weighted by Gasteiger charge is -2.22. The van der Waals surface area contributed by atoms with Gasteiger partial charge in [-0.2, -0.15) is 0 Å². The van der Waals surface area contributed by atoms with Gasteiger partial charge in [-0.05, 0) is 68.1 Å². The number of aryl methyl sites for hydroxylation is 1. The van der Waals surface area contributed by atoms with Crippen molar-refractivity contribution < 1.29 is 9.18 Å². The van der Waals surface area contributed by atoms with Gasteiger partial charge < -0.3 is 10.6 Å². The first kappa shape index (κ1) is 16.1. The van der Waals surface area contributed by atoms with E-state index in [-0.39, 0.29) is 11.7 Å². The highest BCUT2D eigenvalue weighted by Gasteiger charge is 2.17. The summed E-state index contributed by atoms with van der Waals surface area (Å²) < 4.78 is 13.0. The van der Waals surface area contributed by atoms with Crippen LogP contribution in [0.15, 0.2) is 30.3 Å². The molecule has 0 bridgehead atoms. The lowest BCUT2D eigenvalue weighted by molar-refractivity contribution is 0.0949. The molecule has 1 unspecified atom stereocenters. The highest BCUT2D eigenvalue weighted by molar-refractivity contribution is 7.17. The molecule has 3 rings (SSSR count). The summed E-state index contributed by atoms with van der Waals surface area (Å²) in [6, 6.07) is 8.32. The summed E-state index contributed by atoms with van der Waals surface area (Å²) in [5.41, 5.74) is 2.00. The number of benzene rings is 1. The van der Waals surface area contributed by atoms with E-state index in [1.807, 2.05) is 13.0 Å². The molecule has 1 aliphatic heterocycles. The maximum Gasteiger partial charge on any atom is 0.261 e. The molecule has 5 heteroatoms. The summed E-state index contributed by atoms with van der Waals surface area (Å²) >= 11 is 1.46. The molecule has 1 saturated heterocycles. The molecule has 0 saturated carbocycles. The largest absolute Gasteiger partial charge is 0.351 e. The number of hydrogen-bond donors (Lipinski definition) is 2. The summed E-state index contributed by atoms with van der Waals surface area (Å²) in [4.78, 5) is 14.1. The number of piperidine rings is 1. The minimum atomic E-state index is -0.248. The molecule has 1 aliphatic rings. The summed E-state index contributed by atoms with van der Waals surface area (Å²) in [5, 5.41) is 6.40. The SMILES string of the molecule is Cc1cc(C(=O)NCC2CCCNC2)sc1-c1ccc(F)cc1. The summed E-state index contributed by atoms with van der Waals surface area (Å²) in [6.45, 7) is 4.76. The van der Waals surface area contributed by atoms with Gasteiger partial charge >= 0.3 is 0 Å². The van der Waals surface area contributed by atoms with Crippen LogP contribution in [0.25, 0.3) is 10.4 Å². The van der Waals surface area contributed by atoms with Crippen LogP contribution in [0.4, 0.5) is 4.39 Å². The Morgan fingerprint density at radius 3 is 2.87 bits per heavy atom. The van der Waals surface area contributed by atoms with Crippen molar-refractivity contribution in [2.24, 2.45) is 5.92 Å². The monoisotopic (exact) mass is 332 g/mol. The second-order valence-corrected chi connectivity index (χ2v) is 7.10. The molecule has 1 aromatic carbocycles. The fraction of sp³-hybridized carbons (Fsp3) is 0.389. The van der Waals surface area contributed by atoms with E-state index in [0.29, 0.717) is 17.3 Å². The van der Waals surface area contributed by atoms with Crippen molar-refractivity contribution in [3.63, 3.8) is 0 Å². The molecule has 23 heavy (non-hydrogen) atoms. The summed E-state index contributed by atoms with van der Waals surface area (Å²) in [7, 11) is 0. The molecule has 2 aromatic rings. The normalized spacial score (nSPS) is 17.9. The highest BCUT2D eigenvalue weighted by atomic mass is 32.1. The maximum atomic E-state index is 13.0. The van der Waals surface area contributed by atoms with Crippen LogP contribution in [-0.2, 0) is 0 Å². The average molecular weight is 332 g/mol. The number of carbonyl (C=O) groups excluding carboxylic acids is 1. The maximum absolute atomic E-state index is 13.0. The van der Waals surface area contributed by atoms with E-state index in [9.17, 15) is 9.18 Å². The first-order valence-electron chi connectivity index (χ1n) is 7.99. The summed E-state index contributed by atoms with van der Waals surface area (Å²) in [5.74, 6) is 0.254. The van der Waals surface area contributed by atoms with Gasteiger partial charge in [-0.15, -0.1) is 11.3 Å². The molecular weight excluding hydrogens is 311 g/mol. The van der Waals surface area contributed by atoms with Crippen molar-refractivity contribution in [1.82, 2.24) is 10.6 Å². The van der Waals surface area contributed by atoms with Crippen molar-refractivity contribution >= 4 is 17.2 Å². The van der Waals surface area contributed by atoms with Gasteiger partial charge in [0.1, 0.15) is 5.82 Å². The third-order valence-electron chi connectivity index (χ3n) is 4.20. The standard InChI is InChI=1S/C18H21FN2OS/c1-12-9-16(18(22)21-11-13-3-2-8-20-10-13)23-17(12)14-4-6-15(19)7-5-14/h4-7,9,13,20H,2-3,8,10-11H2,1H3,(H,21,22). The molecule has 3 nitrogen and oxygen atoms in total. The molecule has 0 spiro atoms. The van der Waals surface area contributed by atoms with E-state index in [0.717, 1.165) is 35.5 Å². The molecule has 0 radical (unpaired) electrons. The number of carbonyl (C=O) groups is 1. The Kier molecular flexibility index (Phi) is 5.08. The van der Waals surface area contributed by atoms with Gasteiger partial charge in [-0.3, -0.25) is 4.79 Å². The molecule has 1 atom stereocenters. The van der Waals surface area contributed by atoms with Crippen molar-refractivity contribution in [3.8, 4) is 10.4 Å². The molecule has 122 valence electrons. The van der Waals surface area contributed by atoms with Gasteiger partial charge in [0.15, 0.2) is 0 Å². The predicted octanol–water partition coefficient (Wildman–Crippen LogP) is 3.59. The zero-order chi connectivity index (χ0) is 16.2. The van der Waals surface area contributed by atoms with E-state index in [1.165, 1.54) is 29.9 Å². The van der Waals surface area contributed by atoms with Crippen molar-refractivity contribution in [2.45, 2.75) is 19.8 Å². The third kappa shape index (κ3) is 3.98. The molecule has 0 aliphatic carbocycles. The number of hydrogen-bond acceptors (Lipinski definition) is 3. The van der Waals surface area contributed by atoms with E-state index in [4.69, 9.17) is 0 Å². The van der Waals surface area contributed by atoms with Crippen LogP contribution in [0.2, 0.25) is 0 Å². The van der Waals surface area contributed by atoms with Crippen molar-refractivity contribution in [1.29, 1.82) is 0 Å². The van der Waals surface area contributed by atoms with Gasteiger partial charge in [0, 0.05) is 11.4 Å². The lowest BCUT2D eigenvalue weighted by Crippen LogP contribution is -2.37. The molecular formula is C18H21FN2OS. The van der Waals surface area contributed by atoms with E-state index in [1.54, 1.807) is 12.1 Å². The number of halogens is 1. The van der Waals surface area contributed by atoms with Crippen LogP contribution in [0, 0.1) is 18.7 Å². The van der Waals surface area contributed by atoms with Gasteiger partial charge in [-0.1, -0.05) is 12.1 Å². The highest BCUT2D eigenvalue weighted by Crippen LogP contribution is 2.32. The topological polar surface area (TPSA) is 41.1 Å². The van der Waals surface area contributed by atoms with E-state index in [2.05, 4.69) is 10.6 Å². The predicted molar refractivity (Wildman–Crippen MR) is 92.4 cm³/mol. The zero-order valence-electron chi connectivity index (χ0n) is 13.2. The van der Waals surface area contributed by atoms with Crippen LogP contribution in [-0.4, -0.2) is 25.5 Å². The third-order valence-corrected chi connectivity index (χ3v) is 5.48. The van der Waals surface area contributed by atoms with Crippen LogP contribution in [0.3, 0.4) is 0 Å². The van der Waals surface area contributed by atoms with Crippen LogP contribution >= 0.6 is 11.3 Å². The Bertz CT molecular complexity index is 675. The number of thiophene rings is 1. The Labute approximate surface area is 139 Å². The van der Waals surface area contributed by atoms with Gasteiger partial charge in [0.05, 0.1) is 4.88 Å². The summed E-state index contributed by atoms with van der Waals surface area (Å²) in [6.07, 6.45) is 2.34. The Morgan fingerprint density at radius 1 is 1.39 bits per heavy atom. The van der Waals surface area contributed by atoms with Gasteiger partial charge in [0.25, 0.3) is 5.91 Å². The molecule has 1 fully saturated rings. The molecule has 2 heterocycles. The smallest absolute Gasteiger partial charge is 0.261 e. The molecule has 1 amide bonds. The zero-order valence-corrected chi connectivity index (χ0v) is 14.0. The Balaban J connectivity index is 1.67. The van der Waals surface area contributed by atoms with E-state index < -0.39 is 0 Å². The lowest BCUT2D eigenvalue weighted by atomic mass is 10.00. The average Bonchev–Trinajstić information content (AvgIpc) is 2.96. The van der Waals surface area contributed by atoms with Crippen LogP contribution < -0.4 is 10.6 Å². The first-order chi connectivity index (χ1) is 11.1. The fourth-order valence-electron chi connectivity index (χ4n) is 2.90. The van der Waals surface area contributed by atoms with Crippen LogP contribution in [0.1, 0.15) is 28.1 Å². The number of rotatable bonds is 4. The fourth-order valence-corrected chi connectivity index (χ4v) is 4.00. The van der Waals surface area contributed by atoms with Crippen molar-refractivity contribution in [3.05, 3.63) is 46.6 Å². The minimum Gasteiger partial charge on any atom is -0.351 e. The van der Waals surface area contributed by atoms with Gasteiger partial charge in [-0.25, -0.2) is 4.39 Å². The van der Waals surface area contributed by atoms with Crippen LogP contribution in [0.5, 0.6) is 0 Å². The Hall–Kier alpha value is -1.72. The first-order valence-corrected chi connectivity index (χ1v) is 8.80. The second-order valence-electron chi connectivity index (χ2n) is 6.05. The second kappa shape index (κ2) is 7.23. The van der Waals surface area contributed by atoms with Crippen molar-refractivity contribution in [2.75, 3.05) is 19.6 Å². The Morgan fingerprint density at radius 2 is 2.17 bits per heavy atom. The number of nitrogens with one attached hydrogen (secondary N) is 2. The molecule has 1 aromatic heterocycles. The van der Waals surface area contributed by atoms with Gasteiger partial charge in [0.2, 0.25) is 0 Å².